The molecule has 0 aliphatic carbocycles. The molecule has 1 unspecified atom stereocenters. The molecule has 0 fully saturated rings. The number of methoxy groups -OCH3 is 2. The lowest BCUT2D eigenvalue weighted by Crippen LogP contribution is -2.14. The van der Waals surface area contributed by atoms with Gasteiger partial charge in [0.2, 0.25) is 0 Å². The zero-order valence-corrected chi connectivity index (χ0v) is 14.0. The molecule has 0 bridgehead atoms. The van der Waals surface area contributed by atoms with E-state index < -0.39 is 0 Å². The second kappa shape index (κ2) is 6.45. The first kappa shape index (κ1) is 15.1. The largest absolute Gasteiger partial charge is 0.493 e. The average Bonchev–Trinajstić information content (AvgIpc) is 2.48. The maximum Gasteiger partial charge on any atom is 0.161 e. The predicted molar refractivity (Wildman–Crippen MR) is 89.5 cm³/mol. The molecular formula is C16H18INO2. The Kier molecular flexibility index (Phi) is 4.88. The van der Waals surface area contributed by atoms with E-state index >= 15 is 0 Å². The fourth-order valence-electron chi connectivity index (χ4n) is 2.14. The van der Waals surface area contributed by atoms with Gasteiger partial charge in [-0.05, 0) is 58.3 Å². The standard InChI is InChI=1S/C16H18INO2/c1-10-5-4-6-12(15(10)17)16(18)11-7-8-13(19-2)14(9-11)20-3/h4-9,16H,18H2,1-3H3. The normalized spacial score (nSPS) is 12.1. The smallest absolute Gasteiger partial charge is 0.161 e. The van der Waals surface area contributed by atoms with Gasteiger partial charge in [0.05, 0.1) is 20.3 Å². The van der Waals surface area contributed by atoms with E-state index in [4.69, 9.17) is 15.2 Å². The first-order chi connectivity index (χ1) is 9.58. The Morgan fingerprint density at radius 2 is 1.75 bits per heavy atom. The Bertz CT molecular complexity index is 613. The molecule has 2 aromatic rings. The monoisotopic (exact) mass is 383 g/mol. The van der Waals surface area contributed by atoms with Crippen LogP contribution in [0.3, 0.4) is 0 Å². The van der Waals surface area contributed by atoms with Gasteiger partial charge >= 0.3 is 0 Å². The summed E-state index contributed by atoms with van der Waals surface area (Å²) in [6, 6.07) is 11.8. The number of halogens is 1. The van der Waals surface area contributed by atoms with Crippen LogP contribution in [0.2, 0.25) is 0 Å². The number of nitrogens with two attached hydrogens (primary N) is 1. The molecule has 2 rings (SSSR count). The van der Waals surface area contributed by atoms with Crippen molar-refractivity contribution in [3.8, 4) is 11.5 Å². The van der Waals surface area contributed by atoms with E-state index in [9.17, 15) is 0 Å². The Morgan fingerprint density at radius 1 is 1.05 bits per heavy atom. The summed E-state index contributed by atoms with van der Waals surface area (Å²) in [6.45, 7) is 2.09. The zero-order chi connectivity index (χ0) is 14.7. The van der Waals surface area contributed by atoms with Crippen LogP contribution in [0.1, 0.15) is 22.7 Å². The lowest BCUT2D eigenvalue weighted by molar-refractivity contribution is 0.354. The van der Waals surface area contributed by atoms with Crippen molar-refractivity contribution in [1.29, 1.82) is 0 Å². The summed E-state index contributed by atoms with van der Waals surface area (Å²) < 4.78 is 11.8. The van der Waals surface area contributed by atoms with Gasteiger partial charge in [0.25, 0.3) is 0 Å². The summed E-state index contributed by atoms with van der Waals surface area (Å²) in [5, 5.41) is 0. The van der Waals surface area contributed by atoms with Gasteiger partial charge in [0.1, 0.15) is 0 Å². The third-order valence-corrected chi connectivity index (χ3v) is 4.80. The highest BCUT2D eigenvalue weighted by Gasteiger charge is 2.15. The first-order valence-corrected chi connectivity index (χ1v) is 7.39. The molecule has 0 aromatic heterocycles. The van der Waals surface area contributed by atoms with Crippen molar-refractivity contribution >= 4 is 22.6 Å². The molecule has 3 nitrogen and oxygen atoms in total. The fraction of sp³-hybridized carbons (Fsp3) is 0.250. The molecule has 0 saturated heterocycles. The van der Waals surface area contributed by atoms with E-state index in [-0.39, 0.29) is 6.04 Å². The third kappa shape index (κ3) is 2.91. The van der Waals surface area contributed by atoms with Gasteiger partial charge in [-0.3, -0.25) is 0 Å². The second-order valence-corrected chi connectivity index (χ2v) is 5.65. The van der Waals surface area contributed by atoms with Crippen LogP contribution in [0.4, 0.5) is 0 Å². The SMILES string of the molecule is COc1ccc(C(N)c2cccc(C)c2I)cc1OC. The van der Waals surface area contributed by atoms with Crippen LogP contribution in [0, 0.1) is 10.5 Å². The van der Waals surface area contributed by atoms with Crippen molar-refractivity contribution in [2.24, 2.45) is 5.73 Å². The number of benzene rings is 2. The van der Waals surface area contributed by atoms with E-state index in [1.807, 2.05) is 24.3 Å². The minimum Gasteiger partial charge on any atom is -0.493 e. The zero-order valence-electron chi connectivity index (χ0n) is 11.8. The van der Waals surface area contributed by atoms with Crippen molar-refractivity contribution in [2.75, 3.05) is 14.2 Å². The predicted octanol–water partition coefficient (Wildman–Crippen LogP) is 3.66. The van der Waals surface area contributed by atoms with Crippen LogP contribution in [0.15, 0.2) is 36.4 Å². The first-order valence-electron chi connectivity index (χ1n) is 6.31. The molecule has 0 amide bonds. The number of aryl methyl sites for hydroxylation is 1. The summed E-state index contributed by atoms with van der Waals surface area (Å²) in [4.78, 5) is 0. The van der Waals surface area contributed by atoms with Crippen molar-refractivity contribution < 1.29 is 9.47 Å². The number of hydrogen-bond acceptors (Lipinski definition) is 3. The quantitative estimate of drug-likeness (QED) is 0.820. The summed E-state index contributed by atoms with van der Waals surface area (Å²) in [5.74, 6) is 1.41. The van der Waals surface area contributed by atoms with Crippen LogP contribution < -0.4 is 15.2 Å². The average molecular weight is 383 g/mol. The summed E-state index contributed by atoms with van der Waals surface area (Å²) >= 11 is 2.34. The second-order valence-electron chi connectivity index (χ2n) is 4.57. The van der Waals surface area contributed by atoms with E-state index in [0.29, 0.717) is 11.5 Å². The van der Waals surface area contributed by atoms with Crippen molar-refractivity contribution in [2.45, 2.75) is 13.0 Å². The Balaban J connectivity index is 2.43. The molecule has 106 valence electrons. The van der Waals surface area contributed by atoms with Gasteiger partial charge in [0.15, 0.2) is 11.5 Å². The Hall–Kier alpha value is -1.27. The highest BCUT2D eigenvalue weighted by Crippen LogP contribution is 2.33. The molecule has 0 heterocycles. The molecule has 0 saturated carbocycles. The molecule has 4 heteroatoms. The number of rotatable bonds is 4. The Morgan fingerprint density at radius 3 is 2.40 bits per heavy atom. The molecular weight excluding hydrogens is 365 g/mol. The van der Waals surface area contributed by atoms with Crippen molar-refractivity contribution in [3.63, 3.8) is 0 Å². The molecule has 1 atom stereocenters. The van der Waals surface area contributed by atoms with Crippen LogP contribution >= 0.6 is 22.6 Å². The summed E-state index contributed by atoms with van der Waals surface area (Å²) in [6.07, 6.45) is 0. The molecule has 2 N–H and O–H groups in total. The maximum atomic E-state index is 6.40. The van der Waals surface area contributed by atoms with Gasteiger partial charge in [0, 0.05) is 3.57 Å². The van der Waals surface area contributed by atoms with Gasteiger partial charge in [-0.15, -0.1) is 0 Å². The van der Waals surface area contributed by atoms with Gasteiger partial charge in [-0.1, -0.05) is 24.3 Å². The number of ether oxygens (including phenoxy) is 2. The summed E-state index contributed by atoms with van der Waals surface area (Å²) in [7, 11) is 3.25. The lowest BCUT2D eigenvalue weighted by Gasteiger charge is -2.17. The van der Waals surface area contributed by atoms with E-state index in [1.54, 1.807) is 14.2 Å². The summed E-state index contributed by atoms with van der Waals surface area (Å²) in [5.41, 5.74) is 9.76. The third-order valence-electron chi connectivity index (χ3n) is 3.32. The van der Waals surface area contributed by atoms with Crippen LogP contribution in [-0.2, 0) is 0 Å². The topological polar surface area (TPSA) is 44.5 Å². The van der Waals surface area contributed by atoms with Crippen molar-refractivity contribution in [3.05, 3.63) is 56.7 Å². The van der Waals surface area contributed by atoms with E-state index in [2.05, 4.69) is 41.6 Å². The van der Waals surface area contributed by atoms with Gasteiger partial charge < -0.3 is 15.2 Å². The number of hydrogen-bond donors (Lipinski definition) is 1. The molecule has 0 spiro atoms. The minimum absolute atomic E-state index is 0.179. The van der Waals surface area contributed by atoms with E-state index in [0.717, 1.165) is 11.1 Å². The molecule has 0 radical (unpaired) electrons. The molecule has 0 aliphatic rings. The maximum absolute atomic E-state index is 6.40. The van der Waals surface area contributed by atoms with Crippen molar-refractivity contribution in [1.82, 2.24) is 0 Å². The molecule has 0 aliphatic heterocycles. The van der Waals surface area contributed by atoms with Gasteiger partial charge in [-0.2, -0.15) is 0 Å². The van der Waals surface area contributed by atoms with Crippen LogP contribution in [0.25, 0.3) is 0 Å². The fourth-order valence-corrected chi connectivity index (χ4v) is 2.83. The molecule has 2 aromatic carbocycles. The lowest BCUT2D eigenvalue weighted by atomic mass is 9.98. The van der Waals surface area contributed by atoms with Crippen LogP contribution in [0.5, 0.6) is 11.5 Å². The highest BCUT2D eigenvalue weighted by atomic mass is 127. The highest BCUT2D eigenvalue weighted by molar-refractivity contribution is 14.1. The van der Waals surface area contributed by atoms with E-state index in [1.165, 1.54) is 9.13 Å². The minimum atomic E-state index is -0.179. The van der Waals surface area contributed by atoms with Crippen LogP contribution in [-0.4, -0.2) is 14.2 Å². The van der Waals surface area contributed by atoms with Gasteiger partial charge in [-0.25, -0.2) is 0 Å². The molecule has 20 heavy (non-hydrogen) atoms. The Labute approximate surface area is 133 Å².